The van der Waals surface area contributed by atoms with Crippen molar-refractivity contribution in [1.29, 1.82) is 5.26 Å². The monoisotopic (exact) mass is 288 g/mol. The van der Waals surface area contributed by atoms with Crippen molar-refractivity contribution < 1.29 is 22.3 Å². The summed E-state index contributed by atoms with van der Waals surface area (Å²) in [6.45, 7) is 1.46. The van der Waals surface area contributed by atoms with Crippen molar-refractivity contribution in [3.8, 4) is 6.07 Å². The number of ether oxygens (including phenoxy) is 1. The summed E-state index contributed by atoms with van der Waals surface area (Å²) in [5.74, 6) is -0.972. The van der Waals surface area contributed by atoms with Crippen LogP contribution in [-0.2, 0) is 10.9 Å². The summed E-state index contributed by atoms with van der Waals surface area (Å²) >= 11 is 0. The number of alkyl halides is 3. The van der Waals surface area contributed by atoms with Crippen LogP contribution in [0.5, 0.6) is 0 Å². The molecule has 0 aliphatic carbocycles. The summed E-state index contributed by atoms with van der Waals surface area (Å²) in [5, 5.41) is 9.20. The third-order valence-corrected chi connectivity index (χ3v) is 3.15. The molecule has 1 aromatic carbocycles. The first kappa shape index (κ1) is 14.8. The highest BCUT2D eigenvalue weighted by Crippen LogP contribution is 2.36. The maximum Gasteiger partial charge on any atom is 0.416 e. The van der Waals surface area contributed by atoms with Gasteiger partial charge in [-0.25, -0.2) is 4.39 Å². The van der Waals surface area contributed by atoms with E-state index in [2.05, 4.69) is 0 Å². The van der Waals surface area contributed by atoms with Gasteiger partial charge in [-0.15, -0.1) is 0 Å². The molecule has 3 nitrogen and oxygen atoms in total. The standard InChI is InChI=1S/C13H12F4N2O/c14-9-1-2-10(11(7-9)13(15,16)17)12(8-18)19-3-5-20-6-4-19/h1-2,7,12H,3-6H2. The summed E-state index contributed by atoms with van der Waals surface area (Å²) in [7, 11) is 0. The minimum absolute atomic E-state index is 0.219. The summed E-state index contributed by atoms with van der Waals surface area (Å²) in [6, 6.07) is 3.21. The van der Waals surface area contributed by atoms with Gasteiger partial charge in [0.1, 0.15) is 11.9 Å². The molecule has 1 fully saturated rings. The van der Waals surface area contributed by atoms with Crippen molar-refractivity contribution in [1.82, 2.24) is 4.90 Å². The molecule has 0 saturated carbocycles. The predicted octanol–water partition coefficient (Wildman–Crippen LogP) is 2.74. The topological polar surface area (TPSA) is 36.3 Å². The van der Waals surface area contributed by atoms with E-state index >= 15 is 0 Å². The number of nitriles is 1. The summed E-state index contributed by atoms with van der Waals surface area (Å²) in [4.78, 5) is 1.60. The molecule has 1 aliphatic rings. The van der Waals surface area contributed by atoms with Crippen LogP contribution < -0.4 is 0 Å². The third kappa shape index (κ3) is 3.08. The number of hydrogen-bond donors (Lipinski definition) is 0. The van der Waals surface area contributed by atoms with E-state index in [0.717, 1.165) is 12.1 Å². The number of halogens is 4. The Morgan fingerprint density at radius 1 is 1.25 bits per heavy atom. The smallest absolute Gasteiger partial charge is 0.379 e. The van der Waals surface area contributed by atoms with Gasteiger partial charge in [0.15, 0.2) is 0 Å². The van der Waals surface area contributed by atoms with E-state index in [1.807, 2.05) is 6.07 Å². The van der Waals surface area contributed by atoms with Crippen molar-refractivity contribution >= 4 is 0 Å². The van der Waals surface area contributed by atoms with Gasteiger partial charge in [0.05, 0.1) is 24.8 Å². The van der Waals surface area contributed by atoms with Crippen molar-refractivity contribution in [3.05, 3.63) is 35.1 Å². The van der Waals surface area contributed by atoms with Crippen LogP contribution in [0.25, 0.3) is 0 Å². The highest BCUT2D eigenvalue weighted by Gasteiger charge is 2.37. The van der Waals surface area contributed by atoms with Gasteiger partial charge in [-0.05, 0) is 17.7 Å². The second kappa shape index (κ2) is 5.77. The first-order valence-corrected chi connectivity index (χ1v) is 6.01. The van der Waals surface area contributed by atoms with E-state index in [4.69, 9.17) is 4.74 Å². The molecular formula is C13H12F4N2O. The van der Waals surface area contributed by atoms with Crippen LogP contribution in [0.4, 0.5) is 17.6 Å². The molecule has 1 heterocycles. The zero-order chi connectivity index (χ0) is 14.8. The maximum atomic E-state index is 13.1. The number of morpholine rings is 1. The van der Waals surface area contributed by atoms with Crippen LogP contribution in [0.1, 0.15) is 17.2 Å². The van der Waals surface area contributed by atoms with Gasteiger partial charge in [0, 0.05) is 13.1 Å². The van der Waals surface area contributed by atoms with Crippen molar-refractivity contribution in [2.45, 2.75) is 12.2 Å². The fourth-order valence-corrected chi connectivity index (χ4v) is 2.20. The lowest BCUT2D eigenvalue weighted by molar-refractivity contribution is -0.138. The minimum atomic E-state index is -4.70. The van der Waals surface area contributed by atoms with Gasteiger partial charge < -0.3 is 4.74 Å². The van der Waals surface area contributed by atoms with Crippen molar-refractivity contribution in [3.63, 3.8) is 0 Å². The van der Waals surface area contributed by atoms with Crippen molar-refractivity contribution in [2.75, 3.05) is 26.3 Å². The Hall–Kier alpha value is -1.65. The minimum Gasteiger partial charge on any atom is -0.379 e. The van der Waals surface area contributed by atoms with Gasteiger partial charge in [0.2, 0.25) is 0 Å². The normalized spacial score (nSPS) is 18.6. The highest BCUT2D eigenvalue weighted by atomic mass is 19.4. The van der Waals surface area contributed by atoms with E-state index in [1.165, 1.54) is 0 Å². The number of rotatable bonds is 2. The van der Waals surface area contributed by atoms with Gasteiger partial charge in [-0.2, -0.15) is 18.4 Å². The number of benzene rings is 1. The largest absolute Gasteiger partial charge is 0.416 e. The van der Waals surface area contributed by atoms with E-state index < -0.39 is 23.6 Å². The zero-order valence-corrected chi connectivity index (χ0v) is 10.5. The molecule has 108 valence electrons. The average Bonchev–Trinajstić information content (AvgIpc) is 2.41. The SMILES string of the molecule is N#CC(c1ccc(F)cc1C(F)(F)F)N1CCOCC1. The maximum absolute atomic E-state index is 13.1. The Morgan fingerprint density at radius 3 is 2.45 bits per heavy atom. The lowest BCUT2D eigenvalue weighted by Crippen LogP contribution is -2.39. The molecule has 1 unspecified atom stereocenters. The molecule has 1 saturated heterocycles. The molecule has 2 rings (SSSR count). The summed E-state index contributed by atoms with van der Waals surface area (Å²) in [5.41, 5.74) is -1.32. The molecule has 0 spiro atoms. The van der Waals surface area contributed by atoms with E-state index in [1.54, 1.807) is 4.90 Å². The second-order valence-corrected chi connectivity index (χ2v) is 4.41. The van der Waals surface area contributed by atoms with Crippen LogP contribution in [0.3, 0.4) is 0 Å². The lowest BCUT2D eigenvalue weighted by Gasteiger charge is -2.31. The first-order chi connectivity index (χ1) is 9.43. The molecule has 0 amide bonds. The summed E-state index contributed by atoms with van der Waals surface area (Å²) < 4.78 is 57.1. The van der Waals surface area contributed by atoms with Crippen LogP contribution in [0.15, 0.2) is 18.2 Å². The highest BCUT2D eigenvalue weighted by molar-refractivity contribution is 5.36. The van der Waals surface area contributed by atoms with Gasteiger partial charge in [0.25, 0.3) is 0 Å². The number of nitrogens with zero attached hydrogens (tertiary/aromatic N) is 2. The Labute approximate surface area is 113 Å². The average molecular weight is 288 g/mol. The fourth-order valence-electron chi connectivity index (χ4n) is 2.20. The number of hydrogen-bond acceptors (Lipinski definition) is 3. The quantitative estimate of drug-likeness (QED) is 0.785. The molecule has 7 heteroatoms. The third-order valence-electron chi connectivity index (χ3n) is 3.15. The van der Waals surface area contributed by atoms with E-state index in [9.17, 15) is 22.8 Å². The summed E-state index contributed by atoms with van der Waals surface area (Å²) in [6.07, 6.45) is -4.70. The van der Waals surface area contributed by atoms with Crippen molar-refractivity contribution in [2.24, 2.45) is 0 Å². The molecule has 0 bridgehead atoms. The Bertz CT molecular complexity index is 518. The van der Waals surface area contributed by atoms with E-state index in [-0.39, 0.29) is 5.56 Å². The molecule has 1 aliphatic heterocycles. The Kier molecular flexibility index (Phi) is 4.26. The van der Waals surface area contributed by atoms with Crippen LogP contribution in [-0.4, -0.2) is 31.2 Å². The molecule has 0 aromatic heterocycles. The molecule has 1 atom stereocenters. The first-order valence-electron chi connectivity index (χ1n) is 6.01. The fraction of sp³-hybridized carbons (Fsp3) is 0.462. The molecule has 0 N–H and O–H groups in total. The second-order valence-electron chi connectivity index (χ2n) is 4.41. The van der Waals surface area contributed by atoms with Crippen LogP contribution in [0.2, 0.25) is 0 Å². The predicted molar refractivity (Wildman–Crippen MR) is 62.1 cm³/mol. The van der Waals surface area contributed by atoms with Gasteiger partial charge in [-0.3, -0.25) is 4.90 Å². The molecule has 1 aromatic rings. The lowest BCUT2D eigenvalue weighted by atomic mass is 9.99. The Balaban J connectivity index is 2.41. The van der Waals surface area contributed by atoms with Gasteiger partial charge >= 0.3 is 6.18 Å². The van der Waals surface area contributed by atoms with Crippen LogP contribution >= 0.6 is 0 Å². The van der Waals surface area contributed by atoms with Gasteiger partial charge in [-0.1, -0.05) is 6.07 Å². The Morgan fingerprint density at radius 2 is 1.90 bits per heavy atom. The molecule has 0 radical (unpaired) electrons. The molecular weight excluding hydrogens is 276 g/mol. The van der Waals surface area contributed by atoms with E-state index in [0.29, 0.717) is 32.4 Å². The zero-order valence-electron chi connectivity index (χ0n) is 10.5. The van der Waals surface area contributed by atoms with Crippen LogP contribution in [0, 0.1) is 17.1 Å². The molecule has 20 heavy (non-hydrogen) atoms.